The van der Waals surface area contributed by atoms with Crippen molar-refractivity contribution in [3.05, 3.63) is 65.8 Å². The van der Waals surface area contributed by atoms with Gasteiger partial charge in [-0.05, 0) is 18.5 Å². The molecule has 0 radical (unpaired) electrons. The van der Waals surface area contributed by atoms with E-state index in [-0.39, 0.29) is 36.3 Å². The zero-order valence-corrected chi connectivity index (χ0v) is 18.9. The second-order valence-electron chi connectivity index (χ2n) is 7.38. The van der Waals surface area contributed by atoms with Crippen LogP contribution in [0.4, 0.5) is 5.82 Å². The Morgan fingerprint density at radius 2 is 2.12 bits per heavy atom. The molecule has 0 aliphatic carbocycles. The number of azide groups is 1. The van der Waals surface area contributed by atoms with Crippen LogP contribution < -0.4 is 22.7 Å². The summed E-state index contributed by atoms with van der Waals surface area (Å²) in [5.74, 6) is 0.207. The Hall–Kier alpha value is -3.14. The number of ether oxygens (including phenoxy) is 2. The van der Waals surface area contributed by atoms with E-state index >= 15 is 0 Å². The molecule has 5 N–H and O–H groups in total. The quantitative estimate of drug-likeness (QED) is 0.229. The van der Waals surface area contributed by atoms with Crippen molar-refractivity contribution in [1.29, 1.82) is 0 Å². The Labute approximate surface area is 195 Å². The van der Waals surface area contributed by atoms with Crippen molar-refractivity contribution in [3.63, 3.8) is 0 Å². The molecule has 2 aromatic rings. The van der Waals surface area contributed by atoms with Gasteiger partial charge in [0.15, 0.2) is 0 Å². The van der Waals surface area contributed by atoms with Crippen LogP contribution in [-0.2, 0) is 9.47 Å². The van der Waals surface area contributed by atoms with Crippen molar-refractivity contribution in [2.75, 3.05) is 25.6 Å². The first-order chi connectivity index (χ1) is 16.3. The number of hydrogen-bond acceptors (Lipinski definition) is 11. The number of nitrogen functional groups attached to an aromatic ring is 1. The Morgan fingerprint density at radius 3 is 2.74 bits per heavy atom. The van der Waals surface area contributed by atoms with Gasteiger partial charge < -0.3 is 25.4 Å². The molecule has 2 saturated heterocycles. The number of thioether (sulfide) groups is 1. The maximum atomic E-state index is 11.7. The molecule has 0 unspecified atom stereocenters. The molecule has 2 fully saturated rings. The van der Waals surface area contributed by atoms with Gasteiger partial charge >= 0.3 is 11.4 Å². The highest BCUT2D eigenvalue weighted by Crippen LogP contribution is 2.34. The fourth-order valence-electron chi connectivity index (χ4n) is 3.37. The number of aliphatic hydroxyl groups excluding tert-OH is 2. The van der Waals surface area contributed by atoms with Crippen LogP contribution in [0, 0.1) is 6.92 Å². The fraction of sp³-hybridized carbons (Fsp3) is 0.556. The Kier molecular flexibility index (Phi) is 8.49. The lowest BCUT2D eigenvalue weighted by Gasteiger charge is -2.14. The molecule has 5 atom stereocenters. The molecule has 2 aliphatic rings. The van der Waals surface area contributed by atoms with Gasteiger partial charge in [-0.1, -0.05) is 5.11 Å². The van der Waals surface area contributed by atoms with Gasteiger partial charge in [-0.25, -0.2) is 9.59 Å². The van der Waals surface area contributed by atoms with Gasteiger partial charge in [0.25, 0.3) is 5.56 Å². The number of H-pyrrole nitrogens is 1. The lowest BCUT2D eigenvalue weighted by molar-refractivity contribution is -0.0271. The van der Waals surface area contributed by atoms with Gasteiger partial charge in [0, 0.05) is 29.3 Å². The van der Waals surface area contributed by atoms with Crippen LogP contribution in [0.1, 0.15) is 23.6 Å². The first-order valence-corrected chi connectivity index (χ1v) is 11.1. The molecule has 4 rings (SSSR count). The minimum absolute atomic E-state index is 0.0572. The van der Waals surface area contributed by atoms with Crippen LogP contribution in [0.15, 0.2) is 38.0 Å². The van der Waals surface area contributed by atoms with Crippen LogP contribution in [0.5, 0.6) is 0 Å². The fourth-order valence-corrected chi connectivity index (χ4v) is 4.41. The molecular weight excluding hydrogens is 472 g/mol. The normalized spacial score (nSPS) is 25.9. The summed E-state index contributed by atoms with van der Waals surface area (Å²) >= 11 is 1.39. The molecule has 184 valence electrons. The number of nitrogens with zero attached hydrogens (tertiary/aromatic N) is 6. The predicted molar refractivity (Wildman–Crippen MR) is 121 cm³/mol. The molecule has 15 nitrogen and oxygen atoms in total. The van der Waals surface area contributed by atoms with Gasteiger partial charge in [-0.3, -0.25) is 18.9 Å². The van der Waals surface area contributed by atoms with E-state index in [1.54, 1.807) is 19.2 Å². The van der Waals surface area contributed by atoms with Crippen molar-refractivity contribution in [1.82, 2.24) is 19.1 Å². The van der Waals surface area contributed by atoms with E-state index in [1.165, 1.54) is 27.1 Å². The van der Waals surface area contributed by atoms with Crippen molar-refractivity contribution in [2.45, 2.75) is 42.5 Å². The first-order valence-electron chi connectivity index (χ1n) is 10.1. The highest BCUT2D eigenvalue weighted by molar-refractivity contribution is 8.00. The van der Waals surface area contributed by atoms with Crippen LogP contribution in [0.3, 0.4) is 0 Å². The summed E-state index contributed by atoms with van der Waals surface area (Å²) < 4.78 is 13.4. The van der Waals surface area contributed by atoms with E-state index in [4.69, 9.17) is 31.0 Å². The Balaban J connectivity index is 0.000000196. The Bertz CT molecular complexity index is 1220. The summed E-state index contributed by atoms with van der Waals surface area (Å²) in [6.07, 6.45) is 1.92. The molecule has 0 spiro atoms. The Morgan fingerprint density at radius 1 is 1.35 bits per heavy atom. The summed E-state index contributed by atoms with van der Waals surface area (Å²) in [6, 6.07) is 1.02. The summed E-state index contributed by atoms with van der Waals surface area (Å²) in [5.41, 5.74) is 12.5. The number of nitrogens with one attached hydrogen (secondary N) is 1. The molecule has 0 aromatic carbocycles. The number of hydrogen-bond donors (Lipinski definition) is 4. The van der Waals surface area contributed by atoms with Crippen molar-refractivity contribution in [2.24, 2.45) is 5.11 Å². The van der Waals surface area contributed by atoms with Crippen molar-refractivity contribution < 1.29 is 19.7 Å². The molecule has 2 aliphatic heterocycles. The maximum absolute atomic E-state index is 11.7. The topological polar surface area (TPSA) is 223 Å². The zero-order chi connectivity index (χ0) is 24.8. The number of aryl methyl sites for hydroxylation is 1. The second-order valence-corrected chi connectivity index (χ2v) is 8.72. The summed E-state index contributed by atoms with van der Waals surface area (Å²) in [6.45, 7) is 1.59. The smallest absolute Gasteiger partial charge is 0.350 e. The van der Waals surface area contributed by atoms with Gasteiger partial charge in [0.2, 0.25) is 0 Å². The monoisotopic (exact) mass is 496 g/mol. The molecule has 0 amide bonds. The first kappa shape index (κ1) is 25.5. The van der Waals surface area contributed by atoms with Crippen molar-refractivity contribution >= 4 is 17.6 Å². The highest BCUT2D eigenvalue weighted by Gasteiger charge is 2.35. The zero-order valence-electron chi connectivity index (χ0n) is 18.1. The van der Waals surface area contributed by atoms with Crippen molar-refractivity contribution in [3.8, 4) is 0 Å². The largest absolute Gasteiger partial charge is 0.394 e. The van der Waals surface area contributed by atoms with E-state index in [9.17, 15) is 14.4 Å². The highest BCUT2D eigenvalue weighted by atomic mass is 32.2. The van der Waals surface area contributed by atoms with Crippen LogP contribution in [0.25, 0.3) is 10.4 Å². The lowest BCUT2D eigenvalue weighted by atomic mass is 10.1. The van der Waals surface area contributed by atoms with Crippen LogP contribution >= 0.6 is 11.8 Å². The van der Waals surface area contributed by atoms with Gasteiger partial charge in [-0.15, -0.1) is 11.8 Å². The van der Waals surface area contributed by atoms with E-state index in [0.29, 0.717) is 12.2 Å². The number of anilines is 1. The maximum Gasteiger partial charge on any atom is 0.350 e. The van der Waals surface area contributed by atoms with E-state index < -0.39 is 35.3 Å². The van der Waals surface area contributed by atoms with Crippen LogP contribution in [0.2, 0.25) is 0 Å². The number of aromatic nitrogens is 4. The number of rotatable bonds is 5. The molecule has 0 bridgehead atoms. The van der Waals surface area contributed by atoms with E-state index in [2.05, 4.69) is 20.0 Å². The lowest BCUT2D eigenvalue weighted by Crippen LogP contribution is -2.33. The molecule has 34 heavy (non-hydrogen) atoms. The SMILES string of the molecule is Cc1cn([C@H]2C[C@H](N=[N+]=[N-])[C@@H](CO)O2)c(=O)[nH]c1=O.Nc1ccn([C@H]2CO[C@@H](CO)S2)c(=O)n1. The van der Waals surface area contributed by atoms with Gasteiger partial charge in [0.1, 0.15) is 22.9 Å². The average molecular weight is 497 g/mol. The third-order valence-electron chi connectivity index (χ3n) is 5.08. The number of aliphatic hydroxyl groups is 2. The summed E-state index contributed by atoms with van der Waals surface area (Å²) in [4.78, 5) is 42.9. The third kappa shape index (κ3) is 5.85. The van der Waals surface area contributed by atoms with E-state index in [0.717, 1.165) is 0 Å². The predicted octanol–water partition coefficient (Wildman–Crippen LogP) is -0.790. The molecular formula is C18H24N8O7S. The van der Waals surface area contributed by atoms with Gasteiger partial charge in [-0.2, -0.15) is 4.98 Å². The number of aromatic amines is 1. The summed E-state index contributed by atoms with van der Waals surface area (Å²) in [7, 11) is 0. The molecule has 2 aromatic heterocycles. The number of nitrogens with two attached hydrogens (primary N) is 1. The minimum Gasteiger partial charge on any atom is -0.394 e. The standard InChI is InChI=1S/C10H13N5O4.C8H11N3O3S/c1-5-3-15(10(18)12-9(5)17)8-2-6(13-14-11)7(4-16)19-8;9-5-1-2-11(8(13)10-5)6-4-14-7(3-12)15-6/h3,6-8,16H,2,4H2,1H3,(H,12,17,18);1-2,6-7,12H,3-4H2,(H2,9,10,13)/t6-,7+,8+;6-,7-/m01/s1. The summed E-state index contributed by atoms with van der Waals surface area (Å²) in [5, 5.41) is 21.4. The minimum atomic E-state index is -0.671. The molecule has 16 heteroatoms. The second kappa shape index (κ2) is 11.3. The average Bonchev–Trinajstić information content (AvgIpc) is 3.44. The van der Waals surface area contributed by atoms with E-state index in [1.807, 2.05) is 0 Å². The van der Waals surface area contributed by atoms with Crippen LogP contribution in [-0.4, -0.2) is 66.7 Å². The molecule has 4 heterocycles. The third-order valence-corrected chi connectivity index (χ3v) is 6.35. The molecule has 0 saturated carbocycles. The van der Waals surface area contributed by atoms with Gasteiger partial charge in [0.05, 0.1) is 32.0 Å².